The van der Waals surface area contributed by atoms with Crippen LogP contribution in [0.5, 0.6) is 0 Å². The molecule has 0 spiro atoms. The van der Waals surface area contributed by atoms with Gasteiger partial charge in [0.05, 0.1) is 0 Å². The van der Waals surface area contributed by atoms with Crippen LogP contribution in [0.3, 0.4) is 0 Å². The maximum Gasteiger partial charge on any atom is -0.00549 e. The summed E-state index contributed by atoms with van der Waals surface area (Å²) in [5, 5.41) is 0. The highest BCUT2D eigenvalue weighted by Crippen LogP contribution is 2.44. The zero-order valence-corrected chi connectivity index (χ0v) is 12.5. The minimum absolute atomic E-state index is 0.973. The Balaban J connectivity index is 1.70. The fourth-order valence-electron chi connectivity index (χ4n) is 3.89. The lowest BCUT2D eigenvalue weighted by Crippen LogP contribution is -2.08. The number of allylic oxidation sites excluding steroid dienone is 2. The predicted molar refractivity (Wildman–Crippen MR) is 83.3 cm³/mol. The van der Waals surface area contributed by atoms with Gasteiger partial charge in [-0.2, -0.15) is 0 Å². The first-order valence-corrected chi connectivity index (χ1v) is 8.08. The van der Waals surface area contributed by atoms with Gasteiger partial charge < -0.3 is 0 Å². The first-order chi connectivity index (χ1) is 9.28. The predicted octanol–water partition coefficient (Wildman–Crippen LogP) is 5.69. The van der Waals surface area contributed by atoms with Crippen LogP contribution in [0.4, 0.5) is 0 Å². The molecule has 1 unspecified atom stereocenters. The van der Waals surface area contributed by atoms with Crippen LogP contribution in [0.15, 0.2) is 23.8 Å². The molecule has 0 amide bonds. The Morgan fingerprint density at radius 2 is 2.11 bits per heavy atom. The van der Waals surface area contributed by atoms with Crippen molar-refractivity contribution in [1.82, 2.24) is 0 Å². The molecule has 3 rings (SSSR count). The van der Waals surface area contributed by atoms with E-state index in [1.54, 1.807) is 22.3 Å². The van der Waals surface area contributed by atoms with Gasteiger partial charge in [0, 0.05) is 0 Å². The summed E-state index contributed by atoms with van der Waals surface area (Å²) >= 11 is 0. The molecule has 2 aliphatic carbocycles. The molecule has 2 aliphatic rings. The average Bonchev–Trinajstić information content (AvgIpc) is 2.76. The van der Waals surface area contributed by atoms with Crippen LogP contribution in [0.1, 0.15) is 68.6 Å². The number of aryl methyl sites for hydroxylation is 1. The van der Waals surface area contributed by atoms with Crippen molar-refractivity contribution in [2.24, 2.45) is 5.92 Å². The number of rotatable bonds is 4. The summed E-state index contributed by atoms with van der Waals surface area (Å²) in [6.45, 7) is 4.52. The summed E-state index contributed by atoms with van der Waals surface area (Å²) < 4.78 is 0. The quantitative estimate of drug-likeness (QED) is 0.606. The molecule has 0 heteroatoms. The van der Waals surface area contributed by atoms with Crippen molar-refractivity contribution in [3.8, 4) is 0 Å². The van der Waals surface area contributed by atoms with E-state index < -0.39 is 0 Å². The van der Waals surface area contributed by atoms with E-state index in [4.69, 9.17) is 0 Å². The maximum absolute atomic E-state index is 2.41. The highest BCUT2D eigenvalue weighted by molar-refractivity contribution is 5.77. The molecule has 0 saturated heterocycles. The molecule has 0 aromatic heterocycles. The Labute approximate surface area is 117 Å². The Morgan fingerprint density at radius 3 is 2.95 bits per heavy atom. The van der Waals surface area contributed by atoms with Crippen molar-refractivity contribution < 1.29 is 0 Å². The molecule has 0 aliphatic heterocycles. The number of benzene rings is 1. The zero-order chi connectivity index (χ0) is 13.2. The molecule has 102 valence electrons. The fourth-order valence-corrected chi connectivity index (χ4v) is 3.89. The molecular formula is C19H26. The molecule has 1 atom stereocenters. The standard InChI is InChI=1S/C19H26/c1-3-4-5-6-15-8-10-18-17(12-15)13-16-9-7-14(2)11-19(16)18/h7,9,11,15H,3-6,8,10,12-13H2,1-2H3. The van der Waals surface area contributed by atoms with Crippen LogP contribution >= 0.6 is 0 Å². The minimum atomic E-state index is 0.973. The van der Waals surface area contributed by atoms with Gasteiger partial charge in [-0.1, -0.05) is 61.9 Å². The normalized spacial score (nSPS) is 21.5. The summed E-state index contributed by atoms with van der Waals surface area (Å²) in [6.07, 6.45) is 11.1. The van der Waals surface area contributed by atoms with Gasteiger partial charge in [-0.3, -0.25) is 0 Å². The molecule has 0 N–H and O–H groups in total. The van der Waals surface area contributed by atoms with Crippen molar-refractivity contribution in [2.45, 2.75) is 65.2 Å². The molecular weight excluding hydrogens is 228 g/mol. The number of hydrogen-bond acceptors (Lipinski definition) is 0. The lowest BCUT2D eigenvalue weighted by Gasteiger charge is -2.24. The van der Waals surface area contributed by atoms with Crippen LogP contribution in [0.2, 0.25) is 0 Å². The zero-order valence-electron chi connectivity index (χ0n) is 12.5. The van der Waals surface area contributed by atoms with Crippen molar-refractivity contribution in [2.75, 3.05) is 0 Å². The summed E-state index contributed by atoms with van der Waals surface area (Å²) in [5.74, 6) is 0.973. The molecule has 0 bridgehead atoms. The van der Waals surface area contributed by atoms with Gasteiger partial charge in [0.25, 0.3) is 0 Å². The SMILES string of the molecule is CCCCCC1CCC2=C(Cc3ccc(C)cc32)C1. The molecule has 1 aromatic carbocycles. The molecule has 0 fully saturated rings. The van der Waals surface area contributed by atoms with Crippen molar-refractivity contribution >= 4 is 5.57 Å². The highest BCUT2D eigenvalue weighted by Gasteiger charge is 2.27. The summed E-state index contributed by atoms with van der Waals surface area (Å²) in [4.78, 5) is 0. The second-order valence-corrected chi connectivity index (χ2v) is 6.52. The van der Waals surface area contributed by atoms with Crippen molar-refractivity contribution in [1.29, 1.82) is 0 Å². The van der Waals surface area contributed by atoms with Crippen LogP contribution in [-0.4, -0.2) is 0 Å². The van der Waals surface area contributed by atoms with E-state index in [1.807, 2.05) is 0 Å². The van der Waals surface area contributed by atoms with E-state index in [-0.39, 0.29) is 0 Å². The van der Waals surface area contributed by atoms with Gasteiger partial charge in [0.1, 0.15) is 0 Å². The molecule has 0 radical (unpaired) electrons. The van der Waals surface area contributed by atoms with Gasteiger partial charge in [0.2, 0.25) is 0 Å². The minimum Gasteiger partial charge on any atom is -0.0654 e. The molecule has 0 heterocycles. The van der Waals surface area contributed by atoms with Crippen LogP contribution in [0, 0.1) is 12.8 Å². The average molecular weight is 254 g/mol. The lowest BCUT2D eigenvalue weighted by atomic mass is 9.81. The van der Waals surface area contributed by atoms with E-state index in [1.165, 1.54) is 56.9 Å². The summed E-state index contributed by atoms with van der Waals surface area (Å²) in [5.41, 5.74) is 8.07. The van der Waals surface area contributed by atoms with Gasteiger partial charge >= 0.3 is 0 Å². The Hall–Kier alpha value is -1.04. The van der Waals surface area contributed by atoms with Gasteiger partial charge in [-0.25, -0.2) is 0 Å². The third-order valence-electron chi connectivity index (χ3n) is 4.97. The maximum atomic E-state index is 2.41. The van der Waals surface area contributed by atoms with E-state index in [0.717, 1.165) is 5.92 Å². The van der Waals surface area contributed by atoms with Crippen molar-refractivity contribution in [3.63, 3.8) is 0 Å². The fraction of sp³-hybridized carbons (Fsp3) is 0.579. The Kier molecular flexibility index (Phi) is 3.77. The molecule has 0 saturated carbocycles. The van der Waals surface area contributed by atoms with E-state index >= 15 is 0 Å². The molecule has 1 aromatic rings. The Bertz CT molecular complexity index is 493. The third-order valence-corrected chi connectivity index (χ3v) is 4.97. The highest BCUT2D eigenvalue weighted by atomic mass is 14.3. The summed E-state index contributed by atoms with van der Waals surface area (Å²) in [7, 11) is 0. The number of hydrogen-bond donors (Lipinski definition) is 0. The van der Waals surface area contributed by atoms with E-state index in [9.17, 15) is 0 Å². The van der Waals surface area contributed by atoms with Crippen molar-refractivity contribution in [3.05, 3.63) is 40.5 Å². The van der Waals surface area contributed by atoms with Gasteiger partial charge in [-0.05, 0) is 55.2 Å². The third kappa shape index (κ3) is 2.63. The molecule has 0 nitrogen and oxygen atoms in total. The first-order valence-electron chi connectivity index (χ1n) is 8.08. The van der Waals surface area contributed by atoms with Crippen LogP contribution in [0.25, 0.3) is 5.57 Å². The van der Waals surface area contributed by atoms with Crippen LogP contribution in [-0.2, 0) is 6.42 Å². The van der Waals surface area contributed by atoms with E-state index in [2.05, 4.69) is 32.0 Å². The largest absolute Gasteiger partial charge is 0.0654 e. The number of fused-ring (bicyclic) bond motifs is 2. The Morgan fingerprint density at radius 1 is 1.21 bits per heavy atom. The monoisotopic (exact) mass is 254 g/mol. The van der Waals surface area contributed by atoms with Gasteiger partial charge in [0.15, 0.2) is 0 Å². The smallest absolute Gasteiger partial charge is 0.00549 e. The topological polar surface area (TPSA) is 0 Å². The second-order valence-electron chi connectivity index (χ2n) is 6.52. The van der Waals surface area contributed by atoms with Gasteiger partial charge in [-0.15, -0.1) is 0 Å². The lowest BCUT2D eigenvalue weighted by molar-refractivity contribution is 0.417. The van der Waals surface area contributed by atoms with E-state index in [0.29, 0.717) is 0 Å². The first kappa shape index (κ1) is 13.0. The van der Waals surface area contributed by atoms with Crippen LogP contribution < -0.4 is 0 Å². The summed E-state index contributed by atoms with van der Waals surface area (Å²) in [6, 6.07) is 7.04. The second kappa shape index (κ2) is 5.53. The number of unbranched alkanes of at least 4 members (excludes halogenated alkanes) is 2. The molecule has 19 heavy (non-hydrogen) atoms.